The fourth-order valence-electron chi connectivity index (χ4n) is 5.72. The van der Waals surface area contributed by atoms with E-state index in [2.05, 4.69) is 38.1 Å². The van der Waals surface area contributed by atoms with Crippen molar-refractivity contribution in [2.75, 3.05) is 7.11 Å². The normalized spacial score (nSPS) is 18.0. The predicted molar refractivity (Wildman–Crippen MR) is 142 cm³/mol. The maximum Gasteiger partial charge on any atom is 0.131 e. The van der Waals surface area contributed by atoms with Crippen molar-refractivity contribution in [2.24, 2.45) is 5.41 Å². The minimum atomic E-state index is -0.263. The van der Waals surface area contributed by atoms with Crippen molar-refractivity contribution in [1.29, 1.82) is 0 Å². The van der Waals surface area contributed by atoms with Gasteiger partial charge < -0.3 is 14.3 Å². The highest BCUT2D eigenvalue weighted by Crippen LogP contribution is 2.47. The summed E-state index contributed by atoms with van der Waals surface area (Å²) in [4.78, 5) is 11.1. The second-order valence-electron chi connectivity index (χ2n) is 10.6. The lowest BCUT2D eigenvalue weighted by Gasteiger charge is -2.25. The van der Waals surface area contributed by atoms with Crippen LogP contribution in [-0.2, 0) is 17.8 Å². The molecule has 1 unspecified atom stereocenters. The number of allylic oxidation sites excluding steroid dienone is 2. The fraction of sp³-hybridized carbons (Fsp3) is 0.344. The Morgan fingerprint density at radius 2 is 1.83 bits per heavy atom. The molecule has 0 saturated carbocycles. The van der Waals surface area contributed by atoms with Crippen molar-refractivity contribution in [3.05, 3.63) is 88.7 Å². The Kier molecular flexibility index (Phi) is 6.70. The van der Waals surface area contributed by atoms with E-state index in [9.17, 15) is 9.18 Å². The van der Waals surface area contributed by atoms with Crippen molar-refractivity contribution in [1.82, 2.24) is 0 Å². The topological polar surface area (TPSA) is 35.5 Å². The summed E-state index contributed by atoms with van der Waals surface area (Å²) in [6.07, 6.45) is 7.99. The summed E-state index contributed by atoms with van der Waals surface area (Å²) in [5, 5.41) is 0. The van der Waals surface area contributed by atoms with Crippen molar-refractivity contribution >= 4 is 11.9 Å². The van der Waals surface area contributed by atoms with Gasteiger partial charge in [-0.2, -0.15) is 0 Å². The summed E-state index contributed by atoms with van der Waals surface area (Å²) in [5.74, 6) is 1.48. The molecule has 186 valence electrons. The number of hydrogen-bond donors (Lipinski definition) is 0. The van der Waals surface area contributed by atoms with Crippen LogP contribution in [0.5, 0.6) is 11.5 Å². The molecular weight excluding hydrogens is 451 g/mol. The van der Waals surface area contributed by atoms with E-state index in [0.717, 1.165) is 54.4 Å². The first-order chi connectivity index (χ1) is 17.4. The molecule has 3 aromatic carbocycles. The van der Waals surface area contributed by atoms with Crippen LogP contribution in [0.2, 0.25) is 0 Å². The van der Waals surface area contributed by atoms with E-state index in [-0.39, 0.29) is 11.2 Å². The molecule has 0 heterocycles. The third-order valence-electron chi connectivity index (χ3n) is 7.79. The minimum Gasteiger partial charge on any atom is -0.497 e. The molecular formula is C32H33FO3. The average molecular weight is 485 g/mol. The van der Waals surface area contributed by atoms with Gasteiger partial charge in [-0.05, 0) is 107 Å². The zero-order valence-electron chi connectivity index (χ0n) is 21.3. The van der Waals surface area contributed by atoms with Crippen LogP contribution in [0.15, 0.2) is 60.7 Å². The van der Waals surface area contributed by atoms with E-state index in [1.165, 1.54) is 22.8 Å². The number of methoxy groups -OCH3 is 1. The molecule has 0 fully saturated rings. The van der Waals surface area contributed by atoms with Gasteiger partial charge in [0.25, 0.3) is 0 Å². The van der Waals surface area contributed by atoms with Gasteiger partial charge in [0.05, 0.1) is 7.11 Å². The molecule has 0 radical (unpaired) electrons. The average Bonchev–Trinajstić information content (AvgIpc) is 3.45. The first-order valence-electron chi connectivity index (χ1n) is 12.8. The fourth-order valence-corrected chi connectivity index (χ4v) is 5.72. The molecule has 0 amide bonds. The smallest absolute Gasteiger partial charge is 0.131 e. The van der Waals surface area contributed by atoms with Crippen LogP contribution in [0.4, 0.5) is 4.39 Å². The van der Waals surface area contributed by atoms with E-state index in [4.69, 9.17) is 9.47 Å². The molecule has 3 aromatic rings. The van der Waals surface area contributed by atoms with Crippen molar-refractivity contribution in [2.45, 2.75) is 58.5 Å². The summed E-state index contributed by atoms with van der Waals surface area (Å²) in [7, 11) is 1.60. The van der Waals surface area contributed by atoms with E-state index in [1.54, 1.807) is 19.2 Å². The van der Waals surface area contributed by atoms with Gasteiger partial charge in [-0.25, -0.2) is 4.39 Å². The summed E-state index contributed by atoms with van der Waals surface area (Å²) in [6, 6.07) is 17.3. The van der Waals surface area contributed by atoms with Gasteiger partial charge in [-0.3, -0.25) is 0 Å². The Morgan fingerprint density at radius 3 is 2.58 bits per heavy atom. The Balaban J connectivity index is 1.47. The number of halogens is 1. The number of ether oxygens (including phenoxy) is 2. The van der Waals surface area contributed by atoms with Crippen LogP contribution in [0, 0.1) is 11.2 Å². The molecule has 0 saturated heterocycles. The number of benzene rings is 3. The second-order valence-corrected chi connectivity index (χ2v) is 10.6. The Morgan fingerprint density at radius 1 is 1.00 bits per heavy atom. The quantitative estimate of drug-likeness (QED) is 0.305. The Hall–Kier alpha value is -3.40. The number of rotatable bonds is 8. The maximum atomic E-state index is 15.0. The van der Waals surface area contributed by atoms with Crippen molar-refractivity contribution in [3.8, 4) is 22.6 Å². The van der Waals surface area contributed by atoms with Crippen molar-refractivity contribution in [3.63, 3.8) is 0 Å². The van der Waals surface area contributed by atoms with E-state index in [1.807, 2.05) is 18.2 Å². The molecule has 0 aromatic heterocycles. The Bertz CT molecular complexity index is 1320. The van der Waals surface area contributed by atoms with Crippen LogP contribution in [-0.4, -0.2) is 13.4 Å². The molecule has 0 aliphatic heterocycles. The summed E-state index contributed by atoms with van der Waals surface area (Å²) in [6.45, 7) is 4.92. The number of carbonyl (C=O) groups is 1. The second kappa shape index (κ2) is 9.93. The molecule has 36 heavy (non-hydrogen) atoms. The number of carbonyl (C=O) groups excluding carboxylic acids is 1. The van der Waals surface area contributed by atoms with Gasteiger partial charge in [0.1, 0.15) is 30.2 Å². The highest BCUT2D eigenvalue weighted by Gasteiger charge is 2.30. The lowest BCUT2D eigenvalue weighted by molar-refractivity contribution is -0.108. The standard InChI is InChI=1S/C32H33FO3/c1-32(2)15-4-5-30(32)28-17-21(6-12-26(28)29-18-24(35-3)11-13-31(29)33)20-36-25-10-9-22-7-8-23(14-16-34)27(22)19-25/h5-6,9-13,16-19,23H,4,7-8,14-15,20H2,1-3H3. The predicted octanol–water partition coefficient (Wildman–Crippen LogP) is 7.90. The summed E-state index contributed by atoms with van der Waals surface area (Å²) < 4.78 is 26.6. The third-order valence-corrected chi connectivity index (χ3v) is 7.79. The zero-order chi connectivity index (χ0) is 25.3. The Labute approximate surface area is 213 Å². The van der Waals surface area contributed by atoms with Gasteiger partial charge in [0.2, 0.25) is 0 Å². The lowest BCUT2D eigenvalue weighted by Crippen LogP contribution is -2.10. The van der Waals surface area contributed by atoms with Crippen molar-refractivity contribution < 1.29 is 18.7 Å². The SMILES string of the molecule is COc1ccc(F)c(-c2ccc(COc3ccc4c(c3)C(CC=O)CC4)cc2C2=CCCC2(C)C)c1. The monoisotopic (exact) mass is 484 g/mol. The summed E-state index contributed by atoms with van der Waals surface area (Å²) in [5.41, 5.74) is 7.30. The van der Waals surface area contributed by atoms with E-state index >= 15 is 0 Å². The summed E-state index contributed by atoms with van der Waals surface area (Å²) >= 11 is 0. The van der Waals surface area contributed by atoms with Crippen LogP contribution >= 0.6 is 0 Å². The van der Waals surface area contributed by atoms with Gasteiger partial charge in [-0.1, -0.05) is 38.1 Å². The molecule has 5 rings (SSSR count). The molecule has 0 spiro atoms. The van der Waals surface area contributed by atoms with Gasteiger partial charge in [0.15, 0.2) is 0 Å². The highest BCUT2D eigenvalue weighted by atomic mass is 19.1. The van der Waals surface area contributed by atoms with Crippen LogP contribution in [0.25, 0.3) is 16.7 Å². The molecule has 0 bridgehead atoms. The minimum absolute atomic E-state index is 0.0111. The van der Waals surface area contributed by atoms with E-state index in [0.29, 0.717) is 30.3 Å². The largest absolute Gasteiger partial charge is 0.497 e. The van der Waals surface area contributed by atoms with E-state index < -0.39 is 0 Å². The van der Waals surface area contributed by atoms with Crippen LogP contribution in [0.3, 0.4) is 0 Å². The molecule has 3 nitrogen and oxygen atoms in total. The first-order valence-corrected chi connectivity index (χ1v) is 12.8. The van der Waals surface area contributed by atoms with Gasteiger partial charge in [0, 0.05) is 12.0 Å². The van der Waals surface area contributed by atoms with Crippen LogP contribution < -0.4 is 9.47 Å². The zero-order valence-corrected chi connectivity index (χ0v) is 21.3. The number of hydrogen-bond acceptors (Lipinski definition) is 3. The van der Waals surface area contributed by atoms with Crippen LogP contribution in [0.1, 0.15) is 67.7 Å². The third kappa shape index (κ3) is 4.69. The first kappa shape index (κ1) is 24.3. The lowest BCUT2D eigenvalue weighted by atomic mass is 9.79. The molecule has 4 heteroatoms. The molecule has 1 atom stereocenters. The highest BCUT2D eigenvalue weighted by molar-refractivity contribution is 5.85. The molecule has 2 aliphatic carbocycles. The van der Waals surface area contributed by atoms with Gasteiger partial charge in [-0.15, -0.1) is 0 Å². The molecule has 0 N–H and O–H groups in total. The number of aryl methyl sites for hydroxylation is 1. The molecule has 2 aliphatic rings. The van der Waals surface area contributed by atoms with Gasteiger partial charge >= 0.3 is 0 Å². The number of fused-ring (bicyclic) bond motifs is 1. The maximum absolute atomic E-state index is 15.0. The number of aldehydes is 1.